The number of halogens is 1. The molecule has 0 bridgehead atoms. The van der Waals surface area contributed by atoms with Gasteiger partial charge >= 0.3 is 0 Å². The Labute approximate surface area is 198 Å². The summed E-state index contributed by atoms with van der Waals surface area (Å²) in [5.74, 6) is 1.18. The number of hydrogen-bond acceptors (Lipinski definition) is 5. The third-order valence-corrected chi connectivity index (χ3v) is 7.89. The molecule has 6 nitrogen and oxygen atoms in total. The minimum absolute atomic E-state index is 0.0302. The van der Waals surface area contributed by atoms with Crippen molar-refractivity contribution in [2.45, 2.75) is 23.3 Å². The maximum atomic E-state index is 13.2. The van der Waals surface area contributed by atoms with E-state index in [1.54, 1.807) is 32.4 Å². The number of para-hydroxylation sites is 1. The molecule has 2 N–H and O–H groups in total. The summed E-state index contributed by atoms with van der Waals surface area (Å²) in [6.07, 6.45) is 5.14. The van der Waals surface area contributed by atoms with Crippen LogP contribution in [0.15, 0.2) is 77.7 Å². The van der Waals surface area contributed by atoms with E-state index in [9.17, 15) is 12.8 Å². The minimum atomic E-state index is -3.83. The molecule has 0 spiro atoms. The lowest BCUT2D eigenvalue weighted by atomic mass is 9.77. The van der Waals surface area contributed by atoms with E-state index in [2.05, 4.69) is 22.2 Å². The Bertz CT molecular complexity index is 1360. The van der Waals surface area contributed by atoms with Gasteiger partial charge in [0.1, 0.15) is 5.82 Å². The fraction of sp³-hybridized carbons (Fsp3) is 0.231. The van der Waals surface area contributed by atoms with Crippen molar-refractivity contribution in [2.75, 3.05) is 24.3 Å². The first-order valence-electron chi connectivity index (χ1n) is 11.0. The minimum Gasteiger partial charge on any atom is -0.493 e. The molecular weight excluding hydrogens is 455 g/mol. The van der Waals surface area contributed by atoms with Crippen molar-refractivity contribution in [3.63, 3.8) is 0 Å². The van der Waals surface area contributed by atoms with Gasteiger partial charge in [-0.1, -0.05) is 24.3 Å². The van der Waals surface area contributed by atoms with Gasteiger partial charge in [-0.05, 0) is 66.4 Å². The molecule has 8 heteroatoms. The Kier molecular flexibility index (Phi) is 5.69. The van der Waals surface area contributed by atoms with Crippen molar-refractivity contribution < 1.29 is 22.3 Å². The van der Waals surface area contributed by atoms with Gasteiger partial charge in [0.2, 0.25) is 0 Å². The Morgan fingerprint density at radius 2 is 1.79 bits per heavy atom. The van der Waals surface area contributed by atoms with E-state index in [1.807, 2.05) is 18.2 Å². The standard InChI is InChI=1S/C26H25FN2O4S/c1-32-24-8-4-7-21(26(24)33-2)25-20-6-3-5-19(20)22-15-18(13-14-23(22)28-25)34(30,31)29-17-11-9-16(27)10-12-17/h3-5,7-15,19-20,25,28-29H,6H2,1-2H3. The summed E-state index contributed by atoms with van der Waals surface area (Å²) in [6.45, 7) is 0. The molecule has 3 aromatic carbocycles. The molecular formula is C26H25FN2O4S. The van der Waals surface area contributed by atoms with Crippen molar-refractivity contribution in [1.82, 2.24) is 0 Å². The molecule has 5 rings (SSSR count). The van der Waals surface area contributed by atoms with E-state index < -0.39 is 15.8 Å². The van der Waals surface area contributed by atoms with E-state index in [1.165, 1.54) is 24.3 Å². The average Bonchev–Trinajstić information content (AvgIpc) is 3.34. The third kappa shape index (κ3) is 3.88. The summed E-state index contributed by atoms with van der Waals surface area (Å²) < 4.78 is 53.0. The zero-order valence-corrected chi connectivity index (χ0v) is 19.6. The maximum Gasteiger partial charge on any atom is 0.261 e. The SMILES string of the molecule is COc1cccc(C2Nc3ccc(S(=O)(=O)Nc4ccc(F)cc4)cc3C3C=CCC32)c1OC. The van der Waals surface area contributed by atoms with Crippen molar-refractivity contribution in [2.24, 2.45) is 5.92 Å². The molecule has 1 aliphatic heterocycles. The van der Waals surface area contributed by atoms with Crippen LogP contribution in [0, 0.1) is 11.7 Å². The first-order chi connectivity index (χ1) is 16.4. The molecule has 176 valence electrons. The van der Waals surface area contributed by atoms with Crippen LogP contribution in [0.5, 0.6) is 11.5 Å². The van der Waals surface area contributed by atoms with Crippen LogP contribution in [0.1, 0.15) is 29.5 Å². The number of ether oxygens (including phenoxy) is 2. The van der Waals surface area contributed by atoms with Crippen LogP contribution in [-0.2, 0) is 10.0 Å². The predicted molar refractivity (Wildman–Crippen MR) is 130 cm³/mol. The summed E-state index contributed by atoms with van der Waals surface area (Å²) in [7, 11) is -0.584. The van der Waals surface area contributed by atoms with Crippen molar-refractivity contribution in [3.05, 3.63) is 89.8 Å². The number of sulfonamides is 1. The van der Waals surface area contributed by atoms with Gasteiger partial charge < -0.3 is 14.8 Å². The first-order valence-corrected chi connectivity index (χ1v) is 12.5. The van der Waals surface area contributed by atoms with Crippen molar-refractivity contribution >= 4 is 21.4 Å². The normalized spacial score (nSPS) is 20.7. The molecule has 3 unspecified atom stereocenters. The number of nitrogens with one attached hydrogen (secondary N) is 2. The van der Waals surface area contributed by atoms with Gasteiger partial charge in [0.15, 0.2) is 11.5 Å². The largest absolute Gasteiger partial charge is 0.493 e. The number of methoxy groups -OCH3 is 2. The van der Waals surface area contributed by atoms with Crippen LogP contribution < -0.4 is 19.5 Å². The molecule has 0 radical (unpaired) electrons. The molecule has 3 aromatic rings. The van der Waals surface area contributed by atoms with E-state index >= 15 is 0 Å². The van der Waals surface area contributed by atoms with Gasteiger partial charge in [-0.15, -0.1) is 0 Å². The fourth-order valence-electron chi connectivity index (χ4n) is 4.94. The van der Waals surface area contributed by atoms with Crippen LogP contribution >= 0.6 is 0 Å². The molecule has 1 heterocycles. The molecule has 0 saturated heterocycles. The third-order valence-electron chi connectivity index (χ3n) is 6.51. The molecule has 34 heavy (non-hydrogen) atoms. The lowest BCUT2D eigenvalue weighted by Gasteiger charge is -2.38. The van der Waals surface area contributed by atoms with Crippen molar-refractivity contribution in [3.8, 4) is 11.5 Å². The van der Waals surface area contributed by atoms with E-state index in [0.717, 1.165) is 23.2 Å². The van der Waals surface area contributed by atoms with Crippen LogP contribution in [0.4, 0.5) is 15.8 Å². The van der Waals surface area contributed by atoms with Gasteiger partial charge in [-0.3, -0.25) is 4.72 Å². The average molecular weight is 481 g/mol. The highest BCUT2D eigenvalue weighted by Gasteiger charge is 2.40. The highest BCUT2D eigenvalue weighted by Crippen LogP contribution is 2.52. The van der Waals surface area contributed by atoms with Gasteiger partial charge in [-0.25, -0.2) is 12.8 Å². The summed E-state index contributed by atoms with van der Waals surface area (Å²) in [5.41, 5.74) is 3.11. The van der Waals surface area contributed by atoms with E-state index in [4.69, 9.17) is 9.47 Å². The molecule has 0 amide bonds. The number of fused-ring (bicyclic) bond motifs is 3. The molecule has 0 aromatic heterocycles. The first kappa shape index (κ1) is 22.3. The Morgan fingerprint density at radius 3 is 2.53 bits per heavy atom. The zero-order chi connectivity index (χ0) is 23.9. The van der Waals surface area contributed by atoms with Gasteiger partial charge in [-0.2, -0.15) is 0 Å². The van der Waals surface area contributed by atoms with Gasteiger partial charge in [0.25, 0.3) is 10.0 Å². The van der Waals surface area contributed by atoms with Crippen LogP contribution in [0.2, 0.25) is 0 Å². The second kappa shape index (κ2) is 8.68. The van der Waals surface area contributed by atoms with E-state index in [0.29, 0.717) is 17.2 Å². The fourth-order valence-corrected chi connectivity index (χ4v) is 6.03. The Morgan fingerprint density at radius 1 is 1.00 bits per heavy atom. The molecule has 0 fully saturated rings. The Balaban J connectivity index is 1.50. The van der Waals surface area contributed by atoms with Crippen LogP contribution in [-0.4, -0.2) is 22.6 Å². The zero-order valence-electron chi connectivity index (χ0n) is 18.8. The highest BCUT2D eigenvalue weighted by molar-refractivity contribution is 7.92. The molecule has 1 aliphatic carbocycles. The lowest BCUT2D eigenvalue weighted by Crippen LogP contribution is -2.29. The van der Waals surface area contributed by atoms with Crippen LogP contribution in [0.3, 0.4) is 0 Å². The second-order valence-corrected chi connectivity index (χ2v) is 10.1. The van der Waals surface area contributed by atoms with Gasteiger partial charge in [0, 0.05) is 22.9 Å². The number of anilines is 2. The monoisotopic (exact) mass is 480 g/mol. The summed E-state index contributed by atoms with van der Waals surface area (Å²) in [4.78, 5) is 0.161. The maximum absolute atomic E-state index is 13.2. The highest BCUT2D eigenvalue weighted by atomic mass is 32.2. The Hall–Kier alpha value is -3.52. The van der Waals surface area contributed by atoms with E-state index in [-0.39, 0.29) is 22.8 Å². The lowest BCUT2D eigenvalue weighted by molar-refractivity contribution is 0.341. The smallest absolute Gasteiger partial charge is 0.261 e. The summed E-state index contributed by atoms with van der Waals surface area (Å²) in [5, 5.41) is 3.61. The number of rotatable bonds is 6. The van der Waals surface area contributed by atoms with Gasteiger partial charge in [0.05, 0.1) is 25.2 Å². The number of benzene rings is 3. The number of allylic oxidation sites excluding steroid dienone is 2. The predicted octanol–water partition coefficient (Wildman–Crippen LogP) is 5.47. The summed E-state index contributed by atoms with van der Waals surface area (Å²) >= 11 is 0. The second-order valence-electron chi connectivity index (χ2n) is 8.42. The van der Waals surface area contributed by atoms with Crippen LogP contribution in [0.25, 0.3) is 0 Å². The molecule has 3 atom stereocenters. The topological polar surface area (TPSA) is 76.7 Å². The molecule has 0 saturated carbocycles. The summed E-state index contributed by atoms with van der Waals surface area (Å²) in [6, 6.07) is 16.2. The number of hydrogen-bond donors (Lipinski definition) is 2. The van der Waals surface area contributed by atoms with Crippen molar-refractivity contribution in [1.29, 1.82) is 0 Å². The molecule has 2 aliphatic rings. The quantitative estimate of drug-likeness (QED) is 0.458.